The molecule has 0 radical (unpaired) electrons. The first-order valence-electron chi connectivity index (χ1n) is 5.49. The lowest BCUT2D eigenvalue weighted by Gasteiger charge is -2.03. The van der Waals surface area contributed by atoms with E-state index >= 15 is 0 Å². The number of hydrogen-bond donors (Lipinski definition) is 0. The maximum Gasteiger partial charge on any atom is 0.184 e. The van der Waals surface area contributed by atoms with Gasteiger partial charge in [0.1, 0.15) is 11.3 Å². The lowest BCUT2D eigenvalue weighted by Crippen LogP contribution is -1.96. The van der Waals surface area contributed by atoms with E-state index in [9.17, 15) is 8.78 Å². The smallest absolute Gasteiger partial charge is 0.184 e. The maximum atomic E-state index is 13.8. The fraction of sp³-hybridized carbons (Fsp3) is 0.0769. The summed E-state index contributed by atoms with van der Waals surface area (Å²) in [5.74, 6) is -1.23. The van der Waals surface area contributed by atoms with Crippen LogP contribution < -0.4 is 0 Å². The van der Waals surface area contributed by atoms with Crippen molar-refractivity contribution in [2.75, 3.05) is 0 Å². The molecule has 6 heteroatoms. The van der Waals surface area contributed by atoms with Crippen LogP contribution in [0.4, 0.5) is 8.78 Å². The van der Waals surface area contributed by atoms with Crippen LogP contribution in [0, 0.1) is 11.6 Å². The van der Waals surface area contributed by atoms with Crippen molar-refractivity contribution >= 4 is 27.0 Å². The Morgan fingerprint density at radius 1 is 1.21 bits per heavy atom. The largest absolute Gasteiger partial charge is 0.325 e. The predicted molar refractivity (Wildman–Crippen MR) is 71.6 cm³/mol. The van der Waals surface area contributed by atoms with Crippen molar-refractivity contribution in [2.24, 2.45) is 7.05 Å². The Labute approximate surface area is 116 Å². The van der Waals surface area contributed by atoms with Gasteiger partial charge in [-0.3, -0.25) is 4.98 Å². The van der Waals surface area contributed by atoms with Crippen LogP contribution in [0.2, 0.25) is 0 Å². The van der Waals surface area contributed by atoms with Gasteiger partial charge in [-0.2, -0.15) is 0 Å². The summed E-state index contributed by atoms with van der Waals surface area (Å²) >= 11 is 3.32. The standard InChI is InChI=1S/C13H8BrF2N3/c1-19-12-10(3-2-9(15)11(12)16)18-13(19)7-4-8(14)6-17-5-7/h2-6H,1H3. The van der Waals surface area contributed by atoms with Crippen LogP contribution in [0.1, 0.15) is 0 Å². The van der Waals surface area contributed by atoms with E-state index in [1.54, 1.807) is 19.4 Å². The van der Waals surface area contributed by atoms with Gasteiger partial charge in [-0.25, -0.2) is 13.8 Å². The lowest BCUT2D eigenvalue weighted by atomic mass is 10.3. The first kappa shape index (κ1) is 12.2. The number of aryl methyl sites for hydroxylation is 1. The number of benzene rings is 1. The lowest BCUT2D eigenvalue weighted by molar-refractivity contribution is 0.513. The highest BCUT2D eigenvalue weighted by atomic mass is 79.9. The van der Waals surface area contributed by atoms with E-state index < -0.39 is 11.6 Å². The molecule has 0 unspecified atom stereocenters. The molecule has 1 aromatic carbocycles. The molecule has 19 heavy (non-hydrogen) atoms. The normalized spacial score (nSPS) is 11.2. The van der Waals surface area contributed by atoms with Gasteiger partial charge in [-0.1, -0.05) is 0 Å². The second-order valence-electron chi connectivity index (χ2n) is 4.12. The summed E-state index contributed by atoms with van der Waals surface area (Å²) in [6.07, 6.45) is 3.27. The van der Waals surface area contributed by atoms with Crippen molar-refractivity contribution in [1.82, 2.24) is 14.5 Å². The highest BCUT2D eigenvalue weighted by Crippen LogP contribution is 2.27. The maximum absolute atomic E-state index is 13.8. The summed E-state index contributed by atoms with van der Waals surface area (Å²) in [7, 11) is 1.65. The molecule has 3 rings (SSSR count). The van der Waals surface area contributed by atoms with Gasteiger partial charge in [-0.15, -0.1) is 0 Å². The van der Waals surface area contributed by atoms with E-state index in [0.717, 1.165) is 16.1 Å². The zero-order chi connectivity index (χ0) is 13.6. The summed E-state index contributed by atoms with van der Waals surface area (Å²) in [5, 5.41) is 0. The van der Waals surface area contributed by atoms with Crippen LogP contribution in [0.5, 0.6) is 0 Å². The van der Waals surface area contributed by atoms with Crippen LogP contribution in [0.15, 0.2) is 35.1 Å². The minimum Gasteiger partial charge on any atom is -0.325 e. The first-order valence-corrected chi connectivity index (χ1v) is 6.28. The second kappa shape index (κ2) is 4.38. The molecule has 0 aliphatic carbocycles. The Bertz CT molecular complexity index is 783. The van der Waals surface area contributed by atoms with Crippen LogP contribution in [0.3, 0.4) is 0 Å². The molecule has 2 heterocycles. The highest BCUT2D eigenvalue weighted by Gasteiger charge is 2.16. The van der Waals surface area contributed by atoms with E-state index in [0.29, 0.717) is 11.3 Å². The molecule has 0 N–H and O–H groups in total. The number of pyridine rings is 1. The minimum absolute atomic E-state index is 0.148. The number of rotatable bonds is 1. The fourth-order valence-corrected chi connectivity index (χ4v) is 2.39. The Balaban J connectivity index is 2.32. The second-order valence-corrected chi connectivity index (χ2v) is 5.03. The van der Waals surface area contributed by atoms with Crippen molar-refractivity contribution in [2.45, 2.75) is 0 Å². The van der Waals surface area contributed by atoms with Gasteiger partial charge >= 0.3 is 0 Å². The topological polar surface area (TPSA) is 30.7 Å². The van der Waals surface area contributed by atoms with Crippen LogP contribution in [-0.2, 0) is 7.05 Å². The molecule has 0 amide bonds. The van der Waals surface area contributed by atoms with Gasteiger partial charge in [0.05, 0.1) is 5.52 Å². The molecule has 0 bridgehead atoms. The Hall–Kier alpha value is -1.82. The quantitative estimate of drug-likeness (QED) is 0.684. The molecule has 3 nitrogen and oxygen atoms in total. The predicted octanol–water partition coefficient (Wildman–Crippen LogP) is 3.68. The van der Waals surface area contributed by atoms with Gasteiger partial charge in [0.2, 0.25) is 0 Å². The van der Waals surface area contributed by atoms with Crippen LogP contribution in [0.25, 0.3) is 22.4 Å². The molecule has 0 atom stereocenters. The van der Waals surface area contributed by atoms with E-state index in [1.165, 1.54) is 10.6 Å². The van der Waals surface area contributed by atoms with Crippen molar-refractivity contribution in [3.63, 3.8) is 0 Å². The highest BCUT2D eigenvalue weighted by molar-refractivity contribution is 9.10. The number of fused-ring (bicyclic) bond motifs is 1. The van der Waals surface area contributed by atoms with Crippen molar-refractivity contribution in [3.05, 3.63) is 46.7 Å². The molecule has 0 saturated carbocycles. The number of aromatic nitrogens is 3. The fourth-order valence-electron chi connectivity index (χ4n) is 2.03. The zero-order valence-electron chi connectivity index (χ0n) is 9.86. The molecule has 2 aromatic heterocycles. The molecule has 96 valence electrons. The number of hydrogen-bond acceptors (Lipinski definition) is 2. The van der Waals surface area contributed by atoms with E-state index in [2.05, 4.69) is 25.9 Å². The third-order valence-electron chi connectivity index (χ3n) is 2.89. The van der Waals surface area contributed by atoms with Crippen molar-refractivity contribution < 1.29 is 8.78 Å². The van der Waals surface area contributed by atoms with Crippen LogP contribution >= 0.6 is 15.9 Å². The Morgan fingerprint density at radius 3 is 2.74 bits per heavy atom. The van der Waals surface area contributed by atoms with Gasteiger partial charge in [0.25, 0.3) is 0 Å². The number of nitrogens with zero attached hydrogens (tertiary/aromatic N) is 3. The van der Waals surface area contributed by atoms with Crippen molar-refractivity contribution in [1.29, 1.82) is 0 Å². The Morgan fingerprint density at radius 2 is 2.00 bits per heavy atom. The van der Waals surface area contributed by atoms with E-state index in [1.807, 2.05) is 6.07 Å². The molecule has 0 saturated heterocycles. The third-order valence-corrected chi connectivity index (χ3v) is 3.32. The number of halogens is 3. The van der Waals surface area contributed by atoms with E-state index in [4.69, 9.17) is 0 Å². The molecule has 0 aliphatic heterocycles. The summed E-state index contributed by atoms with van der Waals surface area (Å²) in [6, 6.07) is 4.36. The summed E-state index contributed by atoms with van der Waals surface area (Å²) in [6.45, 7) is 0. The summed E-state index contributed by atoms with van der Waals surface area (Å²) in [4.78, 5) is 8.36. The van der Waals surface area contributed by atoms with Gasteiger partial charge in [0.15, 0.2) is 11.6 Å². The summed E-state index contributed by atoms with van der Waals surface area (Å²) < 4.78 is 29.4. The monoisotopic (exact) mass is 323 g/mol. The average molecular weight is 324 g/mol. The third kappa shape index (κ3) is 1.92. The molecule has 0 spiro atoms. The summed E-state index contributed by atoms with van der Waals surface area (Å²) in [5.41, 5.74) is 1.29. The molecular weight excluding hydrogens is 316 g/mol. The average Bonchev–Trinajstić information content (AvgIpc) is 2.72. The molecular formula is C13H8BrF2N3. The molecule has 0 fully saturated rings. The molecule has 3 aromatic rings. The number of imidazole rings is 1. The Kier molecular flexibility index (Phi) is 2.82. The minimum atomic E-state index is -0.887. The van der Waals surface area contributed by atoms with E-state index in [-0.39, 0.29) is 5.52 Å². The van der Waals surface area contributed by atoms with Gasteiger partial charge in [-0.05, 0) is 34.1 Å². The SMILES string of the molecule is Cn1c(-c2cncc(Br)c2)nc2ccc(F)c(F)c21. The van der Waals surface area contributed by atoms with Crippen LogP contribution in [-0.4, -0.2) is 14.5 Å². The molecule has 0 aliphatic rings. The first-order chi connectivity index (χ1) is 9.08. The van der Waals surface area contributed by atoms with Crippen molar-refractivity contribution in [3.8, 4) is 11.4 Å². The zero-order valence-corrected chi connectivity index (χ0v) is 11.4. The van der Waals surface area contributed by atoms with Gasteiger partial charge in [0, 0.05) is 29.5 Å². The van der Waals surface area contributed by atoms with Gasteiger partial charge < -0.3 is 4.57 Å².